The molecule has 0 aliphatic rings. The molecule has 2 rings (SSSR count). The molecule has 0 aliphatic carbocycles. The molecule has 0 fully saturated rings. The van der Waals surface area contributed by atoms with Gasteiger partial charge in [0.05, 0.1) is 12.8 Å². The molecule has 0 saturated heterocycles. The second-order valence-corrected chi connectivity index (χ2v) is 4.91. The summed E-state index contributed by atoms with van der Waals surface area (Å²) >= 11 is 6.10. The monoisotopic (exact) mass is 276 g/mol. The first-order valence-electron chi connectivity index (χ1n) is 5.98. The zero-order chi connectivity index (χ0) is 14.0. The molecule has 0 radical (unpaired) electrons. The van der Waals surface area contributed by atoms with Crippen LogP contribution in [0.25, 0.3) is 0 Å². The van der Waals surface area contributed by atoms with Gasteiger partial charge in [0.1, 0.15) is 5.75 Å². The average molecular weight is 277 g/mol. The van der Waals surface area contributed by atoms with E-state index in [1.54, 1.807) is 7.11 Å². The third-order valence-corrected chi connectivity index (χ3v) is 3.41. The molecule has 4 heteroatoms. The zero-order valence-electron chi connectivity index (χ0n) is 11.3. The normalized spacial score (nSPS) is 10.3. The minimum Gasteiger partial charge on any atom is -0.495 e. The van der Waals surface area contributed by atoms with Crippen molar-refractivity contribution >= 4 is 28.7 Å². The number of hydrogen-bond acceptors (Lipinski definition) is 3. The fraction of sp³-hybridized carbons (Fsp3) is 0.200. The summed E-state index contributed by atoms with van der Waals surface area (Å²) in [7, 11) is 1.63. The quantitative estimate of drug-likeness (QED) is 0.822. The van der Waals surface area contributed by atoms with Crippen molar-refractivity contribution in [2.24, 2.45) is 0 Å². The van der Waals surface area contributed by atoms with Crippen molar-refractivity contribution < 1.29 is 4.74 Å². The lowest BCUT2D eigenvalue weighted by atomic mass is 10.1. The van der Waals surface area contributed by atoms with Gasteiger partial charge in [-0.25, -0.2) is 0 Å². The molecule has 2 aromatic carbocycles. The first kappa shape index (κ1) is 13.6. The summed E-state index contributed by atoms with van der Waals surface area (Å²) in [6.45, 7) is 3.97. The minimum atomic E-state index is 0.691. The Morgan fingerprint density at radius 2 is 1.79 bits per heavy atom. The molecule has 2 aromatic rings. The number of halogens is 1. The predicted molar refractivity (Wildman–Crippen MR) is 81.6 cm³/mol. The van der Waals surface area contributed by atoms with Crippen molar-refractivity contribution in [1.29, 1.82) is 0 Å². The number of anilines is 3. The maximum atomic E-state index is 6.10. The Bertz CT molecular complexity index is 611. The van der Waals surface area contributed by atoms with Crippen LogP contribution in [0, 0.1) is 13.8 Å². The van der Waals surface area contributed by atoms with Crippen LogP contribution < -0.4 is 15.8 Å². The second kappa shape index (κ2) is 5.41. The highest BCUT2D eigenvalue weighted by Gasteiger charge is 2.08. The standard InChI is InChI=1S/C15H17ClN2O/c1-9-7-14(15(19-3)8-12(9)16)18-13-5-4-11(17)6-10(13)2/h4-8,18H,17H2,1-3H3. The fourth-order valence-electron chi connectivity index (χ4n) is 1.90. The summed E-state index contributed by atoms with van der Waals surface area (Å²) < 4.78 is 5.35. The lowest BCUT2D eigenvalue weighted by Gasteiger charge is -2.15. The average Bonchev–Trinajstić information content (AvgIpc) is 2.36. The molecule has 0 spiro atoms. The van der Waals surface area contributed by atoms with Gasteiger partial charge in [-0.1, -0.05) is 11.6 Å². The van der Waals surface area contributed by atoms with Crippen molar-refractivity contribution in [3.8, 4) is 5.75 Å². The van der Waals surface area contributed by atoms with Crippen LogP contribution in [0.1, 0.15) is 11.1 Å². The Hall–Kier alpha value is -1.87. The Morgan fingerprint density at radius 1 is 1.05 bits per heavy atom. The highest BCUT2D eigenvalue weighted by atomic mass is 35.5. The van der Waals surface area contributed by atoms with Gasteiger partial charge in [-0.05, 0) is 49.2 Å². The lowest BCUT2D eigenvalue weighted by Crippen LogP contribution is -1.98. The largest absolute Gasteiger partial charge is 0.495 e. The highest BCUT2D eigenvalue weighted by molar-refractivity contribution is 6.31. The number of rotatable bonds is 3. The maximum Gasteiger partial charge on any atom is 0.143 e. The van der Waals surface area contributed by atoms with Crippen LogP contribution in [0.2, 0.25) is 5.02 Å². The predicted octanol–water partition coefficient (Wildman–Crippen LogP) is 4.29. The van der Waals surface area contributed by atoms with Crippen LogP contribution in [0.3, 0.4) is 0 Å². The van der Waals surface area contributed by atoms with E-state index in [9.17, 15) is 0 Å². The van der Waals surface area contributed by atoms with E-state index >= 15 is 0 Å². The van der Waals surface area contributed by atoms with E-state index in [1.165, 1.54) is 0 Å². The molecule has 0 unspecified atom stereocenters. The van der Waals surface area contributed by atoms with E-state index in [0.717, 1.165) is 28.2 Å². The molecule has 0 heterocycles. The summed E-state index contributed by atoms with van der Waals surface area (Å²) in [5.41, 5.74) is 10.5. The van der Waals surface area contributed by atoms with Gasteiger partial charge in [-0.15, -0.1) is 0 Å². The second-order valence-electron chi connectivity index (χ2n) is 4.50. The molecule has 0 atom stereocenters. The van der Waals surface area contributed by atoms with Gasteiger partial charge >= 0.3 is 0 Å². The van der Waals surface area contributed by atoms with Crippen LogP contribution in [-0.2, 0) is 0 Å². The van der Waals surface area contributed by atoms with E-state index in [-0.39, 0.29) is 0 Å². The molecule has 0 saturated carbocycles. The first-order chi connectivity index (χ1) is 9.01. The SMILES string of the molecule is COc1cc(Cl)c(C)cc1Nc1ccc(N)cc1C. The van der Waals surface area contributed by atoms with E-state index in [1.807, 2.05) is 44.2 Å². The zero-order valence-corrected chi connectivity index (χ0v) is 12.0. The molecule has 3 N–H and O–H groups in total. The molecular weight excluding hydrogens is 260 g/mol. The van der Waals surface area contributed by atoms with Crippen molar-refractivity contribution in [2.45, 2.75) is 13.8 Å². The van der Waals surface area contributed by atoms with Gasteiger partial charge in [0, 0.05) is 22.5 Å². The van der Waals surface area contributed by atoms with E-state index < -0.39 is 0 Å². The van der Waals surface area contributed by atoms with Crippen molar-refractivity contribution in [3.05, 3.63) is 46.5 Å². The number of benzene rings is 2. The van der Waals surface area contributed by atoms with Gasteiger partial charge in [-0.2, -0.15) is 0 Å². The number of aryl methyl sites for hydroxylation is 2. The molecule has 0 aliphatic heterocycles. The number of ether oxygens (including phenoxy) is 1. The van der Waals surface area contributed by atoms with Gasteiger partial charge in [0.2, 0.25) is 0 Å². The third-order valence-electron chi connectivity index (χ3n) is 3.00. The van der Waals surface area contributed by atoms with Crippen LogP contribution in [0.4, 0.5) is 17.1 Å². The molecule has 19 heavy (non-hydrogen) atoms. The minimum absolute atomic E-state index is 0.691. The summed E-state index contributed by atoms with van der Waals surface area (Å²) in [6.07, 6.45) is 0. The summed E-state index contributed by atoms with van der Waals surface area (Å²) in [6, 6.07) is 9.53. The first-order valence-corrected chi connectivity index (χ1v) is 6.36. The number of nitrogen functional groups attached to an aromatic ring is 1. The third kappa shape index (κ3) is 2.93. The number of nitrogens with two attached hydrogens (primary N) is 1. The van der Waals surface area contributed by atoms with Crippen molar-refractivity contribution in [1.82, 2.24) is 0 Å². The van der Waals surface area contributed by atoms with Gasteiger partial charge in [0.25, 0.3) is 0 Å². The maximum absolute atomic E-state index is 6.10. The van der Waals surface area contributed by atoms with Gasteiger partial charge < -0.3 is 15.8 Å². The molecular formula is C15H17ClN2O. The number of methoxy groups -OCH3 is 1. The summed E-state index contributed by atoms with van der Waals surface area (Å²) in [4.78, 5) is 0. The van der Waals surface area contributed by atoms with Gasteiger partial charge in [-0.3, -0.25) is 0 Å². The number of nitrogens with one attached hydrogen (secondary N) is 1. The van der Waals surface area contributed by atoms with E-state index in [4.69, 9.17) is 22.1 Å². The van der Waals surface area contributed by atoms with Crippen molar-refractivity contribution in [2.75, 3.05) is 18.2 Å². The van der Waals surface area contributed by atoms with Crippen LogP contribution in [0.15, 0.2) is 30.3 Å². The van der Waals surface area contributed by atoms with E-state index in [0.29, 0.717) is 10.8 Å². The van der Waals surface area contributed by atoms with Crippen LogP contribution >= 0.6 is 11.6 Å². The molecule has 0 amide bonds. The summed E-state index contributed by atoms with van der Waals surface area (Å²) in [5, 5.41) is 4.04. The van der Waals surface area contributed by atoms with Crippen molar-refractivity contribution in [3.63, 3.8) is 0 Å². The topological polar surface area (TPSA) is 47.3 Å². The van der Waals surface area contributed by atoms with Crippen LogP contribution in [-0.4, -0.2) is 7.11 Å². The Morgan fingerprint density at radius 3 is 2.42 bits per heavy atom. The number of hydrogen-bond donors (Lipinski definition) is 2. The molecule has 100 valence electrons. The fourth-order valence-corrected chi connectivity index (χ4v) is 2.06. The Labute approximate surface area is 118 Å². The molecule has 0 aromatic heterocycles. The van der Waals surface area contributed by atoms with Crippen LogP contribution in [0.5, 0.6) is 5.75 Å². The Kier molecular flexibility index (Phi) is 3.86. The van der Waals surface area contributed by atoms with Gasteiger partial charge in [0.15, 0.2) is 0 Å². The smallest absolute Gasteiger partial charge is 0.143 e. The molecule has 3 nitrogen and oxygen atoms in total. The highest BCUT2D eigenvalue weighted by Crippen LogP contribution is 2.34. The lowest BCUT2D eigenvalue weighted by molar-refractivity contribution is 0.417. The van der Waals surface area contributed by atoms with E-state index in [2.05, 4.69) is 5.32 Å². The summed E-state index contributed by atoms with van der Waals surface area (Å²) in [5.74, 6) is 0.715. The Balaban J connectivity index is 2.40. The molecule has 0 bridgehead atoms.